The van der Waals surface area contributed by atoms with Crippen LogP contribution in [0.4, 0.5) is 0 Å². The fraction of sp³-hybridized carbons (Fsp3) is 0.451. The third-order valence-electron chi connectivity index (χ3n) is 11.5. The van der Waals surface area contributed by atoms with Crippen LogP contribution in [0.3, 0.4) is 0 Å². The van der Waals surface area contributed by atoms with Crippen LogP contribution in [0.5, 0.6) is 0 Å². The molecule has 2 rings (SSSR count). The molecule has 0 heterocycles. The maximum atomic E-state index is 14.1. The van der Waals surface area contributed by atoms with E-state index >= 15 is 0 Å². The van der Waals surface area contributed by atoms with Crippen LogP contribution in [-0.4, -0.2) is 194 Å². The number of aliphatic carboxylic acids is 5. The molecule has 2 aromatic rings. The van der Waals surface area contributed by atoms with Crippen molar-refractivity contribution in [3.8, 4) is 0 Å². The van der Waals surface area contributed by atoms with Crippen molar-refractivity contribution in [2.24, 2.45) is 5.73 Å². The molecule has 0 aliphatic carbocycles. The summed E-state index contributed by atoms with van der Waals surface area (Å²) >= 11 is 0. The molecule has 0 saturated carbocycles. The van der Waals surface area contributed by atoms with Gasteiger partial charge in [0.05, 0.1) is 57.8 Å². The summed E-state index contributed by atoms with van der Waals surface area (Å²) in [5.74, 6) is -20.9. The Balaban J connectivity index is 2.21. The quantitative estimate of drug-likeness (QED) is 0.0297. The Morgan fingerprint density at radius 2 is 0.655 bits per heavy atom. The number of primary amides is 1. The number of rotatable bonds is 38. The molecule has 0 spiro atoms. The number of nitrogens with one attached hydrogen (secondary N) is 11. The molecule has 0 aliphatic heterocycles. The predicted octanol–water partition coefficient (Wildman–Crippen LogP) is -6.15. The van der Waals surface area contributed by atoms with E-state index in [1.54, 1.807) is 81.4 Å². The van der Waals surface area contributed by atoms with E-state index < -0.39 is 201 Å². The standard InChI is InChI=1S/C51H68N12O21/c1-4-28(44(52)77)58-46(79)29(15-26-11-7-5-8-12-26)59-47(80)30(16-27-13-9-6-10-14-27)60-50(83)34(20-42(73)74)63-51(84)35(21-43(75)76)62-49(82)33(19-41(71)72)57-38(66)24-54-36(64)22-53-37(65)23-55-45(78)31(17-39(67)68)61-48(81)32(18-40(69)70)56-25(2)3/h5-14,25,28-35,56H,4,15-24H2,1-3H3,(H2,52,77)(H,53,65)(H,54,64)(H,55,78)(H,57,66)(H,58,79)(H,59,80)(H,60,83)(H,61,81)(H,62,82)(H,63,84)(H,67,68)(H,69,70)(H,71,72)(H,73,74)(H,75,76)/t28-,29-,30-,31-,32-,33-,34-,35-/m0/s1. The van der Waals surface area contributed by atoms with Gasteiger partial charge in [-0.25, -0.2) is 0 Å². The van der Waals surface area contributed by atoms with E-state index in [2.05, 4.69) is 31.9 Å². The van der Waals surface area contributed by atoms with Crippen molar-refractivity contribution in [1.82, 2.24) is 58.5 Å². The van der Waals surface area contributed by atoms with Gasteiger partial charge >= 0.3 is 29.8 Å². The highest BCUT2D eigenvalue weighted by Crippen LogP contribution is 2.10. The Kier molecular flexibility index (Phi) is 29.7. The average molecular weight is 1190 g/mol. The Hall–Kier alpha value is -10.1. The number of carboxylic acid groups (broad SMARTS) is 5. The first-order valence-corrected chi connectivity index (χ1v) is 25.6. The van der Waals surface area contributed by atoms with Crippen molar-refractivity contribution in [2.75, 3.05) is 19.6 Å². The number of carbonyl (C=O) groups is 16. The van der Waals surface area contributed by atoms with Gasteiger partial charge in [0.2, 0.25) is 65.0 Å². The van der Waals surface area contributed by atoms with Gasteiger partial charge in [0.1, 0.15) is 42.3 Å². The van der Waals surface area contributed by atoms with Gasteiger partial charge in [0, 0.05) is 18.9 Å². The zero-order valence-corrected chi connectivity index (χ0v) is 45.6. The number of hydrogen-bond acceptors (Lipinski definition) is 17. The minimum absolute atomic E-state index is 0.0884. The van der Waals surface area contributed by atoms with E-state index in [-0.39, 0.29) is 19.3 Å². The van der Waals surface area contributed by atoms with Crippen LogP contribution in [-0.2, 0) is 89.6 Å². The van der Waals surface area contributed by atoms with Crippen molar-refractivity contribution in [2.45, 2.75) is 127 Å². The fourth-order valence-electron chi connectivity index (χ4n) is 7.48. The maximum absolute atomic E-state index is 14.1. The Morgan fingerprint density at radius 1 is 0.369 bits per heavy atom. The zero-order valence-electron chi connectivity index (χ0n) is 45.6. The molecule has 0 bridgehead atoms. The number of nitrogens with two attached hydrogens (primary N) is 1. The highest BCUT2D eigenvalue weighted by molar-refractivity contribution is 6.00. The second-order valence-corrected chi connectivity index (χ2v) is 18.8. The molecule has 8 atom stereocenters. The molecule has 84 heavy (non-hydrogen) atoms. The van der Waals surface area contributed by atoms with E-state index in [1.807, 2.05) is 26.6 Å². The smallest absolute Gasteiger partial charge is 0.305 e. The Morgan fingerprint density at radius 3 is 1.00 bits per heavy atom. The van der Waals surface area contributed by atoms with Crippen molar-refractivity contribution >= 4 is 94.8 Å². The minimum atomic E-state index is -2.22. The Bertz CT molecular complexity index is 2730. The van der Waals surface area contributed by atoms with Crippen molar-refractivity contribution in [3.63, 3.8) is 0 Å². The summed E-state index contributed by atoms with van der Waals surface area (Å²) in [6.07, 6.45) is -5.80. The number of carboxylic acids is 5. The van der Waals surface area contributed by atoms with Crippen LogP contribution in [0.15, 0.2) is 60.7 Å². The summed E-state index contributed by atoms with van der Waals surface area (Å²) in [7, 11) is 0. The first-order chi connectivity index (χ1) is 39.5. The minimum Gasteiger partial charge on any atom is -0.481 e. The van der Waals surface area contributed by atoms with E-state index in [9.17, 15) is 97.1 Å². The first-order valence-electron chi connectivity index (χ1n) is 25.6. The number of amides is 11. The zero-order chi connectivity index (χ0) is 63.2. The second kappa shape index (κ2) is 35.6. The maximum Gasteiger partial charge on any atom is 0.305 e. The van der Waals surface area contributed by atoms with Gasteiger partial charge in [-0.1, -0.05) is 81.4 Å². The van der Waals surface area contributed by atoms with E-state index in [0.717, 1.165) is 0 Å². The molecule has 458 valence electrons. The van der Waals surface area contributed by atoms with E-state index in [1.165, 1.54) is 0 Å². The summed E-state index contributed by atoms with van der Waals surface area (Å²) in [4.78, 5) is 203. The lowest BCUT2D eigenvalue weighted by molar-refractivity contribution is -0.144. The SMILES string of the molecule is CC[C@H](NC(=O)[C@H](Cc1ccccc1)NC(=O)[C@H](Cc1ccccc1)NC(=O)[C@H](CC(=O)O)NC(=O)[C@H](CC(=O)O)NC(=O)[C@H](CC(=O)O)NC(=O)CNC(=O)CNC(=O)CNC(=O)[C@H](CC(=O)O)NC(=O)[C@H](CC(=O)O)NC(C)C)C(N)=O. The predicted molar refractivity (Wildman–Crippen MR) is 286 cm³/mol. The Labute approximate surface area is 478 Å². The molecule has 11 amide bonds. The third-order valence-corrected chi connectivity index (χ3v) is 11.5. The highest BCUT2D eigenvalue weighted by atomic mass is 16.4. The van der Waals surface area contributed by atoms with Crippen molar-refractivity contribution in [3.05, 3.63) is 71.8 Å². The number of benzene rings is 2. The number of carbonyl (C=O) groups excluding carboxylic acids is 11. The van der Waals surface area contributed by atoms with Crippen LogP contribution in [0, 0.1) is 0 Å². The summed E-state index contributed by atoms with van der Waals surface area (Å²) < 4.78 is 0. The van der Waals surface area contributed by atoms with Gasteiger partial charge in [-0.2, -0.15) is 0 Å². The third kappa shape index (κ3) is 27.4. The first kappa shape index (κ1) is 70.0. The van der Waals surface area contributed by atoms with Crippen LogP contribution >= 0.6 is 0 Å². The normalized spacial score (nSPS) is 13.6. The summed E-state index contributed by atoms with van der Waals surface area (Å²) in [6, 6.07) is 2.07. The molecule has 33 nitrogen and oxygen atoms in total. The largest absolute Gasteiger partial charge is 0.481 e. The molecule has 33 heteroatoms. The topological polar surface area (TPSA) is 533 Å². The molecule has 0 aliphatic rings. The van der Waals surface area contributed by atoms with Crippen LogP contribution < -0.4 is 64.2 Å². The van der Waals surface area contributed by atoms with Gasteiger partial charge in [-0.15, -0.1) is 0 Å². The number of hydrogen-bond donors (Lipinski definition) is 17. The van der Waals surface area contributed by atoms with E-state index in [0.29, 0.717) is 11.1 Å². The van der Waals surface area contributed by atoms with Crippen LogP contribution in [0.25, 0.3) is 0 Å². The van der Waals surface area contributed by atoms with Crippen LogP contribution in [0.2, 0.25) is 0 Å². The van der Waals surface area contributed by atoms with Crippen molar-refractivity contribution in [1.29, 1.82) is 0 Å². The van der Waals surface area contributed by atoms with Gasteiger partial charge in [-0.05, 0) is 17.5 Å². The molecule has 2 aromatic carbocycles. The van der Waals surface area contributed by atoms with Crippen LogP contribution in [0.1, 0.15) is 70.4 Å². The van der Waals surface area contributed by atoms with Gasteiger partial charge < -0.3 is 89.8 Å². The fourth-order valence-corrected chi connectivity index (χ4v) is 7.48. The van der Waals surface area contributed by atoms with E-state index in [4.69, 9.17) is 10.8 Å². The summed E-state index contributed by atoms with van der Waals surface area (Å²) in [5.41, 5.74) is 6.42. The lowest BCUT2D eigenvalue weighted by Crippen LogP contribution is -2.60. The monoisotopic (exact) mass is 1180 g/mol. The molecular formula is C51H68N12O21. The molecule has 0 saturated heterocycles. The van der Waals surface area contributed by atoms with Gasteiger partial charge in [-0.3, -0.25) is 76.7 Å². The summed E-state index contributed by atoms with van der Waals surface area (Å²) in [6.45, 7) is 1.98. The molecule has 0 radical (unpaired) electrons. The second-order valence-electron chi connectivity index (χ2n) is 18.8. The molecular weight excluding hydrogens is 1120 g/mol. The molecule has 0 fully saturated rings. The van der Waals surface area contributed by atoms with Gasteiger partial charge in [0.25, 0.3) is 0 Å². The van der Waals surface area contributed by atoms with Crippen molar-refractivity contribution < 1.29 is 102 Å². The molecule has 0 aromatic heterocycles. The highest BCUT2D eigenvalue weighted by Gasteiger charge is 2.36. The summed E-state index contributed by atoms with van der Waals surface area (Å²) in [5, 5.41) is 71.6. The lowest BCUT2D eigenvalue weighted by atomic mass is 10.0. The average Bonchev–Trinajstić information content (AvgIpc) is 3.60. The molecule has 18 N–H and O–H groups in total. The lowest BCUT2D eigenvalue weighted by Gasteiger charge is -2.27. The molecule has 0 unspecified atom stereocenters. The van der Waals surface area contributed by atoms with Gasteiger partial charge in [0.15, 0.2) is 0 Å².